The van der Waals surface area contributed by atoms with Crippen LogP contribution in [-0.4, -0.2) is 69.4 Å². The van der Waals surface area contributed by atoms with Crippen LogP contribution in [0.15, 0.2) is 85.1 Å². The first-order valence-corrected chi connectivity index (χ1v) is 30.4. The van der Waals surface area contributed by atoms with E-state index >= 15 is 0 Å². The number of unbranched alkanes of at least 4 members (excludes halogenated alkanes) is 23. The van der Waals surface area contributed by atoms with E-state index in [1.165, 1.54) is 96.3 Å². The number of amides is 1. The normalized spacial score (nSPS) is 14.4. The molecule has 410 valence electrons. The van der Waals surface area contributed by atoms with E-state index in [-0.39, 0.29) is 31.3 Å². The van der Waals surface area contributed by atoms with E-state index in [4.69, 9.17) is 13.8 Å². The van der Waals surface area contributed by atoms with E-state index in [0.29, 0.717) is 23.9 Å². The lowest BCUT2D eigenvalue weighted by Gasteiger charge is -2.30. The van der Waals surface area contributed by atoms with Gasteiger partial charge < -0.3 is 28.5 Å². The number of hydrogen-bond donors (Lipinski definition) is 1. The van der Waals surface area contributed by atoms with Crippen LogP contribution in [-0.2, 0) is 27.9 Å². The fourth-order valence-corrected chi connectivity index (χ4v) is 8.56. The summed E-state index contributed by atoms with van der Waals surface area (Å²) in [5.74, 6) is -0.590. The number of esters is 1. The monoisotopic (exact) mass is 1010 g/mol. The van der Waals surface area contributed by atoms with Crippen molar-refractivity contribution >= 4 is 19.7 Å². The van der Waals surface area contributed by atoms with Crippen molar-refractivity contribution < 1.29 is 37.3 Å². The number of carbonyl (C=O) groups excluding carboxylic acids is 2. The quantitative estimate of drug-likeness (QED) is 0.0212. The number of allylic oxidation sites excluding steroid dienone is 13. The van der Waals surface area contributed by atoms with Gasteiger partial charge in [0.15, 0.2) is 0 Å². The third kappa shape index (κ3) is 51.9. The predicted molar refractivity (Wildman–Crippen MR) is 302 cm³/mol. The Morgan fingerprint density at radius 1 is 0.507 bits per heavy atom. The standard InChI is InChI=1S/C61H109N2O7P/c1-7-10-13-16-19-22-25-28-30-32-34-36-39-42-45-48-51-54-61(65)70-59(52-49-46-43-40-37-27-24-21-18-15-12-9-3)58(57-69-71(66,67)68-56-55-63(4,5)6)62-60(64)53-50-47-44-41-38-35-33-31-29-26-23-20-17-14-11-8-2/h11,14,19-20,22-23,28-31,35,38,49,52,58-59H,7-10,12-13,15-18,21,24-27,32-34,36-37,39-48,50-51,53-57H2,1-6H3,(H-,62,64,66,67)/b14-11+,22-19-,23-20+,30-28-,31-29+,38-35+,52-49+. The van der Waals surface area contributed by atoms with Gasteiger partial charge in [-0.3, -0.25) is 14.2 Å². The maximum absolute atomic E-state index is 13.5. The summed E-state index contributed by atoms with van der Waals surface area (Å²) < 4.78 is 30.2. The highest BCUT2D eigenvalue weighted by Crippen LogP contribution is 2.38. The number of rotatable bonds is 51. The number of phosphoric acid groups is 1. The number of nitrogens with zero attached hydrogens (tertiary/aromatic N) is 1. The zero-order valence-electron chi connectivity index (χ0n) is 46.7. The number of ether oxygens (including phenoxy) is 1. The van der Waals surface area contributed by atoms with Crippen molar-refractivity contribution in [2.24, 2.45) is 0 Å². The zero-order chi connectivity index (χ0) is 52.2. The molecule has 10 heteroatoms. The lowest BCUT2D eigenvalue weighted by molar-refractivity contribution is -0.870. The number of phosphoric ester groups is 1. The molecule has 0 fully saturated rings. The van der Waals surface area contributed by atoms with E-state index in [1.807, 2.05) is 33.3 Å². The molecule has 0 rings (SSSR count). The minimum Gasteiger partial charge on any atom is -0.756 e. The largest absolute Gasteiger partial charge is 0.756 e. The molecule has 1 amide bonds. The number of nitrogens with one attached hydrogen (secondary N) is 1. The molecule has 0 aliphatic heterocycles. The van der Waals surface area contributed by atoms with Gasteiger partial charge in [0, 0.05) is 12.8 Å². The fraction of sp³-hybridized carbons (Fsp3) is 0.738. The van der Waals surface area contributed by atoms with Gasteiger partial charge in [0.25, 0.3) is 7.82 Å². The number of hydrogen-bond acceptors (Lipinski definition) is 7. The number of quaternary nitrogens is 1. The van der Waals surface area contributed by atoms with Crippen molar-refractivity contribution in [1.82, 2.24) is 5.32 Å². The molecule has 3 unspecified atom stereocenters. The average Bonchev–Trinajstić information content (AvgIpc) is 3.33. The molecule has 0 saturated carbocycles. The second-order valence-corrected chi connectivity index (χ2v) is 21.8. The molecule has 0 aromatic heterocycles. The molecule has 0 aromatic rings. The molecule has 0 saturated heterocycles. The molecule has 0 aliphatic rings. The van der Waals surface area contributed by atoms with Crippen LogP contribution in [0.25, 0.3) is 0 Å². The van der Waals surface area contributed by atoms with Crippen LogP contribution in [0.1, 0.15) is 239 Å². The van der Waals surface area contributed by atoms with E-state index < -0.39 is 26.6 Å². The lowest BCUT2D eigenvalue weighted by atomic mass is 10.0. The van der Waals surface area contributed by atoms with Gasteiger partial charge >= 0.3 is 5.97 Å². The molecule has 0 aliphatic carbocycles. The van der Waals surface area contributed by atoms with E-state index in [2.05, 4.69) is 99.0 Å². The van der Waals surface area contributed by atoms with Crippen molar-refractivity contribution in [3.8, 4) is 0 Å². The van der Waals surface area contributed by atoms with Crippen LogP contribution >= 0.6 is 7.82 Å². The van der Waals surface area contributed by atoms with Crippen molar-refractivity contribution in [3.63, 3.8) is 0 Å². The van der Waals surface area contributed by atoms with Crippen LogP contribution in [0.5, 0.6) is 0 Å². The van der Waals surface area contributed by atoms with Crippen LogP contribution in [0, 0.1) is 0 Å². The van der Waals surface area contributed by atoms with Crippen LogP contribution in [0.2, 0.25) is 0 Å². The van der Waals surface area contributed by atoms with Gasteiger partial charge in [-0.1, -0.05) is 209 Å². The Hall–Kier alpha value is -2.81. The van der Waals surface area contributed by atoms with Gasteiger partial charge in [-0.05, 0) is 102 Å². The van der Waals surface area contributed by atoms with Gasteiger partial charge in [-0.25, -0.2) is 0 Å². The van der Waals surface area contributed by atoms with E-state index in [9.17, 15) is 19.0 Å². The van der Waals surface area contributed by atoms with Crippen molar-refractivity contribution in [2.45, 2.75) is 251 Å². The number of likely N-dealkylation sites (N-methyl/N-ethyl adjacent to an activating group) is 1. The number of carbonyl (C=O) groups is 2. The molecule has 0 aromatic carbocycles. The predicted octanol–water partition coefficient (Wildman–Crippen LogP) is 16.8. The topological polar surface area (TPSA) is 114 Å². The van der Waals surface area contributed by atoms with Crippen LogP contribution in [0.4, 0.5) is 0 Å². The summed E-state index contributed by atoms with van der Waals surface area (Å²) in [6, 6.07) is -0.911. The maximum Gasteiger partial charge on any atom is 0.306 e. The minimum absolute atomic E-state index is 0.0336. The summed E-state index contributed by atoms with van der Waals surface area (Å²) in [5.41, 5.74) is 0. The molecule has 71 heavy (non-hydrogen) atoms. The molecular formula is C61H109N2O7P. The average molecular weight is 1010 g/mol. The fourth-order valence-electron chi connectivity index (χ4n) is 7.84. The summed E-state index contributed by atoms with van der Waals surface area (Å²) in [7, 11) is 1.15. The first-order valence-electron chi connectivity index (χ1n) is 28.9. The Bertz CT molecular complexity index is 1490. The van der Waals surface area contributed by atoms with Gasteiger partial charge in [-0.2, -0.15) is 0 Å². The smallest absolute Gasteiger partial charge is 0.306 e. The zero-order valence-corrected chi connectivity index (χ0v) is 47.5. The van der Waals surface area contributed by atoms with E-state index in [1.54, 1.807) is 0 Å². The molecule has 1 N–H and O–H groups in total. The van der Waals surface area contributed by atoms with E-state index in [0.717, 1.165) is 96.3 Å². The molecule has 0 heterocycles. The summed E-state index contributed by atoms with van der Waals surface area (Å²) >= 11 is 0. The second kappa shape index (κ2) is 50.7. The third-order valence-corrected chi connectivity index (χ3v) is 13.3. The maximum atomic E-state index is 13.5. The lowest BCUT2D eigenvalue weighted by Crippen LogP contribution is -2.47. The molecule has 0 radical (unpaired) electrons. The molecular weight excluding hydrogens is 904 g/mol. The van der Waals surface area contributed by atoms with Crippen LogP contribution in [0.3, 0.4) is 0 Å². The highest BCUT2D eigenvalue weighted by Gasteiger charge is 2.27. The highest BCUT2D eigenvalue weighted by molar-refractivity contribution is 7.45. The summed E-state index contributed by atoms with van der Waals surface area (Å²) in [5, 5.41) is 3.00. The van der Waals surface area contributed by atoms with Gasteiger partial charge in [0.05, 0.1) is 33.8 Å². The second-order valence-electron chi connectivity index (χ2n) is 20.4. The van der Waals surface area contributed by atoms with Crippen molar-refractivity contribution in [3.05, 3.63) is 85.1 Å². The Balaban J connectivity index is 5.41. The molecule has 0 bridgehead atoms. The summed E-state index contributed by atoms with van der Waals surface area (Å²) in [6.45, 7) is 6.66. The molecule has 9 nitrogen and oxygen atoms in total. The first-order chi connectivity index (χ1) is 34.4. The van der Waals surface area contributed by atoms with Crippen molar-refractivity contribution in [1.29, 1.82) is 0 Å². The molecule has 3 atom stereocenters. The van der Waals surface area contributed by atoms with Gasteiger partial charge in [0.1, 0.15) is 19.3 Å². The van der Waals surface area contributed by atoms with Crippen LogP contribution < -0.4 is 10.2 Å². The van der Waals surface area contributed by atoms with Gasteiger partial charge in [-0.15, -0.1) is 0 Å². The SMILES string of the molecule is CC/C=C/C/C=C/C/C=C/C/C=C/CCCCCC(=O)NC(COP(=O)([O-])OCC[N+](C)(C)C)C(/C=C/CCCCCCCCCCCC)OC(=O)CCCCCCCCC/C=C\C/C=C\CCCCC. The Labute approximate surface area is 437 Å². The Morgan fingerprint density at radius 3 is 1.39 bits per heavy atom. The molecule has 0 spiro atoms. The third-order valence-electron chi connectivity index (χ3n) is 12.3. The van der Waals surface area contributed by atoms with Gasteiger partial charge in [0.2, 0.25) is 5.91 Å². The Kier molecular flexibility index (Phi) is 48.7. The first kappa shape index (κ1) is 68.2. The minimum atomic E-state index is -4.71. The Morgan fingerprint density at radius 2 is 0.901 bits per heavy atom. The summed E-state index contributed by atoms with van der Waals surface area (Å²) in [4.78, 5) is 39.9. The summed E-state index contributed by atoms with van der Waals surface area (Å²) in [6.07, 6.45) is 65.4. The highest BCUT2D eigenvalue weighted by atomic mass is 31.2. The van der Waals surface area contributed by atoms with Crippen molar-refractivity contribution in [2.75, 3.05) is 40.9 Å².